The predicted octanol–water partition coefficient (Wildman–Crippen LogP) is 8.63. The fourth-order valence-corrected chi connectivity index (χ4v) is 6.76. The molecular weight excluding hydrogens is 682 g/mol. The van der Waals surface area contributed by atoms with E-state index in [4.69, 9.17) is 9.47 Å². The number of halogens is 2. The second kappa shape index (κ2) is 16.0. The van der Waals surface area contributed by atoms with Crippen LogP contribution in [0.4, 0.5) is 17.1 Å². The molecule has 1 atom stereocenters. The third kappa shape index (κ3) is 7.50. The number of hydrazine groups is 1. The van der Waals surface area contributed by atoms with Gasteiger partial charge >= 0.3 is 5.97 Å². The van der Waals surface area contributed by atoms with E-state index >= 15 is 0 Å². The lowest BCUT2D eigenvalue weighted by Crippen LogP contribution is -2.39. The number of nitrogens with zero attached hydrogens (tertiary/aromatic N) is 2. The maximum absolute atomic E-state index is 12.0. The number of carbonyl (C=O) groups excluding carboxylic acids is 1. The number of benzene rings is 4. The van der Waals surface area contributed by atoms with Crippen LogP contribution in [0.15, 0.2) is 83.3 Å². The maximum atomic E-state index is 12.0. The molecule has 0 saturated carbocycles. The van der Waals surface area contributed by atoms with Crippen molar-refractivity contribution in [2.75, 3.05) is 37.2 Å². The largest absolute Gasteiger partial charge is 0.496 e. The van der Waals surface area contributed by atoms with Crippen molar-refractivity contribution in [1.29, 1.82) is 0 Å². The highest BCUT2D eigenvalue weighted by Gasteiger charge is 2.28. The van der Waals surface area contributed by atoms with E-state index in [1.807, 2.05) is 42.1 Å². The van der Waals surface area contributed by atoms with E-state index < -0.39 is 12.0 Å². The van der Waals surface area contributed by atoms with E-state index in [9.17, 15) is 14.7 Å². The van der Waals surface area contributed by atoms with Crippen molar-refractivity contribution >= 4 is 57.3 Å². The molecule has 4 aromatic rings. The number of carboxylic acids is 1. The van der Waals surface area contributed by atoms with Crippen LogP contribution in [0.1, 0.15) is 52.4 Å². The van der Waals surface area contributed by atoms with Gasteiger partial charge in [0, 0.05) is 29.2 Å². The van der Waals surface area contributed by atoms with E-state index in [1.165, 1.54) is 25.7 Å². The molecule has 47 heavy (non-hydrogen) atoms. The minimum absolute atomic E-state index is 0. The summed E-state index contributed by atoms with van der Waals surface area (Å²) in [6.45, 7) is 5.98. The second-order valence-corrected chi connectivity index (χ2v) is 12.1. The number of hydrogen-bond acceptors (Lipinski definition) is 7. The Morgan fingerprint density at radius 1 is 1.00 bits per heavy atom. The molecule has 1 aliphatic heterocycles. The van der Waals surface area contributed by atoms with Crippen molar-refractivity contribution in [3.05, 3.63) is 106 Å². The van der Waals surface area contributed by atoms with E-state index in [-0.39, 0.29) is 23.7 Å². The number of anilines is 3. The molecule has 1 unspecified atom stereocenters. The minimum Gasteiger partial charge on any atom is -0.496 e. The van der Waals surface area contributed by atoms with Crippen LogP contribution in [0.3, 0.4) is 0 Å². The first-order valence-corrected chi connectivity index (χ1v) is 16.0. The zero-order chi connectivity index (χ0) is 32.8. The van der Waals surface area contributed by atoms with E-state index in [2.05, 4.69) is 69.6 Å². The third-order valence-corrected chi connectivity index (χ3v) is 9.13. The van der Waals surface area contributed by atoms with Gasteiger partial charge in [0.25, 0.3) is 0 Å². The summed E-state index contributed by atoms with van der Waals surface area (Å²) in [4.78, 5) is 26.4. The van der Waals surface area contributed by atoms with Gasteiger partial charge in [0.05, 0.1) is 31.6 Å². The number of rotatable bonds is 11. The summed E-state index contributed by atoms with van der Waals surface area (Å²) >= 11 is 3.56. The van der Waals surface area contributed by atoms with Gasteiger partial charge in [-0.2, -0.15) is 0 Å². The van der Waals surface area contributed by atoms with Crippen LogP contribution in [0.5, 0.6) is 11.5 Å². The topological polar surface area (TPSA) is 91.3 Å². The highest BCUT2D eigenvalue weighted by Crippen LogP contribution is 2.45. The van der Waals surface area contributed by atoms with Crippen LogP contribution in [-0.2, 0) is 4.79 Å². The highest BCUT2D eigenvalue weighted by molar-refractivity contribution is 9.10. The molecular formula is C37H39BrClN3O5. The molecule has 0 radical (unpaired) electrons. The van der Waals surface area contributed by atoms with Crippen LogP contribution < -0.4 is 24.8 Å². The monoisotopic (exact) mass is 719 g/mol. The van der Waals surface area contributed by atoms with Crippen molar-refractivity contribution in [2.24, 2.45) is 0 Å². The Labute approximate surface area is 290 Å². The molecule has 5 rings (SSSR count). The molecule has 0 amide bonds. The zero-order valence-electron chi connectivity index (χ0n) is 26.9. The first-order valence-electron chi connectivity index (χ1n) is 15.2. The Bertz CT molecular complexity index is 1770. The van der Waals surface area contributed by atoms with Gasteiger partial charge < -0.3 is 19.5 Å². The fraction of sp³-hybridized carbons (Fsp3) is 0.270. The summed E-state index contributed by atoms with van der Waals surface area (Å²) in [7, 11) is 3.08. The quantitative estimate of drug-likeness (QED) is 0.118. The van der Waals surface area contributed by atoms with Gasteiger partial charge in [-0.1, -0.05) is 64.5 Å². The smallest absolute Gasteiger partial charge is 0.339 e. The summed E-state index contributed by atoms with van der Waals surface area (Å²) < 4.78 is 12.1. The molecule has 246 valence electrons. The number of methoxy groups -OCH3 is 2. The Balaban J connectivity index is 0.00000500. The Morgan fingerprint density at radius 3 is 2.36 bits per heavy atom. The number of ether oxygens (including phenoxy) is 2. The van der Waals surface area contributed by atoms with Crippen LogP contribution in [0, 0.1) is 13.8 Å². The zero-order valence-corrected chi connectivity index (χ0v) is 29.3. The number of hydrogen-bond donors (Lipinski definition) is 2. The summed E-state index contributed by atoms with van der Waals surface area (Å²) in [5, 5.41) is 11.7. The summed E-state index contributed by atoms with van der Waals surface area (Å²) in [6.07, 6.45) is 4.79. The minimum atomic E-state index is -1.12. The molecule has 1 fully saturated rings. The Hall–Kier alpha value is -4.27. The number of para-hydroxylation sites is 1. The molecule has 1 heterocycles. The number of aryl methyl sites for hydroxylation is 1. The molecule has 1 saturated heterocycles. The average Bonchev–Trinajstić information content (AvgIpc) is 3.07. The van der Waals surface area contributed by atoms with Gasteiger partial charge in [0.1, 0.15) is 28.7 Å². The molecule has 4 aromatic carbocycles. The lowest BCUT2D eigenvalue weighted by atomic mass is 9.98. The van der Waals surface area contributed by atoms with Crippen LogP contribution in [0.2, 0.25) is 0 Å². The average molecular weight is 721 g/mol. The maximum Gasteiger partial charge on any atom is 0.339 e. The first kappa shape index (κ1) is 35.6. The normalized spacial score (nSPS) is 13.2. The molecule has 0 spiro atoms. The lowest BCUT2D eigenvalue weighted by Gasteiger charge is -2.37. The van der Waals surface area contributed by atoms with Crippen LogP contribution in [-0.4, -0.2) is 44.3 Å². The number of carbonyl (C=O) groups is 1. The van der Waals surface area contributed by atoms with Crippen LogP contribution in [0.25, 0.3) is 11.1 Å². The van der Waals surface area contributed by atoms with Gasteiger partial charge in [0.15, 0.2) is 0 Å². The molecule has 10 heteroatoms. The summed E-state index contributed by atoms with van der Waals surface area (Å²) in [6, 6.07) is 22.9. The van der Waals surface area contributed by atoms with E-state index in [0.29, 0.717) is 15.8 Å². The van der Waals surface area contributed by atoms with Gasteiger partial charge in [-0.05, 0) is 79.6 Å². The van der Waals surface area contributed by atoms with Gasteiger partial charge in [0.2, 0.25) is 0 Å². The Kier molecular flexibility index (Phi) is 12.1. The summed E-state index contributed by atoms with van der Waals surface area (Å²) in [5.74, 6) is 1.69. The van der Waals surface area contributed by atoms with Gasteiger partial charge in [-0.3, -0.25) is 5.01 Å². The Morgan fingerprint density at radius 2 is 1.72 bits per heavy atom. The molecule has 0 aromatic heterocycles. The molecule has 0 aliphatic carbocycles. The van der Waals surface area contributed by atoms with E-state index in [0.717, 1.165) is 65.2 Å². The van der Waals surface area contributed by atoms with Crippen molar-refractivity contribution in [3.63, 3.8) is 0 Å². The standard InChI is InChI=1S/C37H38BrN3O5.ClH/c1-24-12-11-15-32(40-19-9-6-10-20-40)35(24)41(33-17-16-27(25(2)36(33)46-4)26-13-7-5-8-14-26)39-31(18-21-42)28-23-34(45-3)29(37(43)44)22-30(28)38;/h5,7-8,11-18,22-23,31,39H,6,9-10,19-20H2,1-4H3,(H,43,44);1H. The molecule has 1 aliphatic rings. The van der Waals surface area contributed by atoms with Gasteiger partial charge in [-0.25, -0.2) is 15.0 Å². The molecule has 0 bridgehead atoms. The van der Waals surface area contributed by atoms with Crippen molar-refractivity contribution < 1.29 is 24.2 Å². The SMILES string of the molecule is COc1cc(C(C=C=O)NN(c2ccc(-c3ccccc3)c(C)c2OC)c2c(C)cccc2N2CCCCC2)c(Br)cc1C(=O)O.Cl. The number of aromatic carboxylic acids is 1. The summed E-state index contributed by atoms with van der Waals surface area (Å²) in [5.41, 5.74) is 11.0. The van der Waals surface area contributed by atoms with Crippen molar-refractivity contribution in [3.8, 4) is 22.6 Å². The number of piperidine rings is 1. The predicted molar refractivity (Wildman–Crippen MR) is 194 cm³/mol. The highest BCUT2D eigenvalue weighted by atomic mass is 79.9. The lowest BCUT2D eigenvalue weighted by molar-refractivity contribution is 0.0693. The number of carboxylic acid groups (broad SMARTS) is 1. The number of nitrogens with one attached hydrogen (secondary N) is 1. The van der Waals surface area contributed by atoms with Crippen LogP contribution >= 0.6 is 28.3 Å². The first-order chi connectivity index (χ1) is 22.3. The van der Waals surface area contributed by atoms with Crippen molar-refractivity contribution in [1.82, 2.24) is 5.43 Å². The van der Waals surface area contributed by atoms with Crippen molar-refractivity contribution in [2.45, 2.75) is 39.2 Å². The molecule has 8 nitrogen and oxygen atoms in total. The second-order valence-electron chi connectivity index (χ2n) is 11.3. The van der Waals surface area contributed by atoms with E-state index in [1.54, 1.807) is 13.2 Å². The van der Waals surface area contributed by atoms with Gasteiger partial charge in [-0.15, -0.1) is 12.4 Å². The molecule has 2 N–H and O–H groups in total. The third-order valence-electron chi connectivity index (χ3n) is 8.44. The fourth-order valence-electron chi connectivity index (χ4n) is 6.17.